The minimum absolute atomic E-state index is 0.144. The van der Waals surface area contributed by atoms with Crippen molar-refractivity contribution in [1.29, 1.82) is 0 Å². The van der Waals surface area contributed by atoms with Gasteiger partial charge < -0.3 is 9.84 Å². The number of rotatable bonds is 2. The molecule has 17 heavy (non-hydrogen) atoms. The zero-order chi connectivity index (χ0) is 13.1. The highest BCUT2D eigenvalue weighted by Gasteiger charge is 2.76. The molecule has 94 valence electrons. The molecule has 0 unspecified atom stereocenters. The molecule has 0 spiro atoms. The van der Waals surface area contributed by atoms with Crippen LogP contribution < -0.4 is 0 Å². The molecule has 0 aromatic carbocycles. The lowest BCUT2D eigenvalue weighted by Gasteiger charge is -2.47. The van der Waals surface area contributed by atoms with Crippen LogP contribution in [0.5, 0.6) is 0 Å². The lowest BCUT2D eigenvalue weighted by Crippen LogP contribution is -2.61. The van der Waals surface area contributed by atoms with Gasteiger partial charge in [-0.3, -0.25) is 14.4 Å². The fourth-order valence-electron chi connectivity index (χ4n) is 3.17. The summed E-state index contributed by atoms with van der Waals surface area (Å²) in [4.78, 5) is 35.3. The Labute approximate surface area is 107 Å². The summed E-state index contributed by atoms with van der Waals surface area (Å²) >= 11 is 3.26. The fraction of sp³-hybridized carbons (Fsp3) is 0.727. The zero-order valence-corrected chi connectivity index (χ0v) is 11.2. The number of carbonyl (C=O) groups is 3. The summed E-state index contributed by atoms with van der Waals surface area (Å²) in [6.07, 6.45) is 0.494. The predicted molar refractivity (Wildman–Crippen MR) is 60.4 cm³/mol. The first-order valence-corrected chi connectivity index (χ1v) is 6.44. The molecule has 1 saturated carbocycles. The summed E-state index contributed by atoms with van der Waals surface area (Å²) in [5.41, 5.74) is -3.49. The van der Waals surface area contributed by atoms with Gasteiger partial charge in [0.25, 0.3) is 0 Å². The number of hydrogen-bond donors (Lipinski definition) is 1. The quantitative estimate of drug-likeness (QED) is 0.473. The van der Waals surface area contributed by atoms with Crippen LogP contribution in [-0.2, 0) is 19.1 Å². The minimum Gasteiger partial charge on any atom is -0.480 e. The number of hydrogen-bond acceptors (Lipinski definition) is 4. The number of carboxylic acids is 1. The Hall–Kier alpha value is -0.910. The summed E-state index contributed by atoms with van der Waals surface area (Å²) in [6, 6.07) is 0. The largest absolute Gasteiger partial charge is 0.480 e. The Kier molecular flexibility index (Phi) is 2.44. The lowest BCUT2D eigenvalue weighted by atomic mass is 9.57. The number of carbonyl (C=O) groups excluding carboxylic acids is 2. The van der Waals surface area contributed by atoms with Crippen molar-refractivity contribution in [3.8, 4) is 0 Å². The number of halogens is 1. The molecule has 2 aliphatic rings. The third-order valence-electron chi connectivity index (χ3n) is 4.71. The SMILES string of the molecule is CC1(C)[C@@]2(CBr)CC[C@@]1(C(=O)O)C(=O)OC2=O. The molecule has 6 heteroatoms. The number of carboxylic acid groups (broad SMARTS) is 1. The molecular formula is C11H13BrO5. The van der Waals surface area contributed by atoms with Gasteiger partial charge in [-0.2, -0.15) is 0 Å². The van der Waals surface area contributed by atoms with Gasteiger partial charge in [-0.05, 0) is 12.8 Å². The first-order valence-electron chi connectivity index (χ1n) is 5.32. The molecule has 5 nitrogen and oxygen atoms in total. The molecule has 0 aromatic rings. The number of aliphatic carboxylic acids is 1. The van der Waals surface area contributed by atoms with Crippen molar-refractivity contribution in [2.75, 3.05) is 5.33 Å². The first-order chi connectivity index (χ1) is 7.76. The van der Waals surface area contributed by atoms with Crippen molar-refractivity contribution >= 4 is 33.8 Å². The standard InChI is InChI=1S/C11H13BrO5/c1-9(2)10(5-12)3-4-11(9,6(13)14)8(16)17-7(10)15/h3-5H2,1-2H3,(H,13,14)/t10-,11-/m1/s1. The van der Waals surface area contributed by atoms with Gasteiger partial charge in [0.2, 0.25) is 0 Å². The molecule has 2 fully saturated rings. The van der Waals surface area contributed by atoms with E-state index in [0.717, 1.165) is 0 Å². The number of fused-ring (bicyclic) bond motifs is 2. The summed E-state index contributed by atoms with van der Waals surface area (Å²) < 4.78 is 4.68. The van der Waals surface area contributed by atoms with Crippen LogP contribution in [0, 0.1) is 16.2 Å². The van der Waals surface area contributed by atoms with Crippen molar-refractivity contribution in [3.05, 3.63) is 0 Å². The van der Waals surface area contributed by atoms with E-state index in [9.17, 15) is 19.5 Å². The van der Waals surface area contributed by atoms with E-state index in [1.165, 1.54) is 0 Å². The normalized spacial score (nSPS) is 39.0. The van der Waals surface area contributed by atoms with Crippen LogP contribution in [0.25, 0.3) is 0 Å². The molecule has 1 heterocycles. The Morgan fingerprint density at radius 2 is 1.94 bits per heavy atom. The summed E-state index contributed by atoms with van der Waals surface area (Å²) in [6.45, 7) is 3.32. The predicted octanol–water partition coefficient (Wildman–Crippen LogP) is 1.34. The summed E-state index contributed by atoms with van der Waals surface area (Å²) in [5.74, 6) is -2.74. The van der Waals surface area contributed by atoms with Gasteiger partial charge in [-0.15, -0.1) is 0 Å². The molecule has 2 rings (SSSR count). The first kappa shape index (κ1) is 12.5. The zero-order valence-electron chi connectivity index (χ0n) is 9.58. The second kappa shape index (κ2) is 3.31. The molecule has 0 amide bonds. The molecule has 1 aliphatic carbocycles. The maximum Gasteiger partial charge on any atom is 0.331 e. The van der Waals surface area contributed by atoms with Crippen molar-refractivity contribution in [1.82, 2.24) is 0 Å². The Morgan fingerprint density at radius 1 is 1.35 bits per heavy atom. The van der Waals surface area contributed by atoms with Gasteiger partial charge >= 0.3 is 17.9 Å². The van der Waals surface area contributed by atoms with E-state index in [-0.39, 0.29) is 6.42 Å². The molecule has 0 radical (unpaired) electrons. The maximum atomic E-state index is 11.9. The van der Waals surface area contributed by atoms with Crippen LogP contribution in [0.1, 0.15) is 26.7 Å². The molecule has 2 bridgehead atoms. The van der Waals surface area contributed by atoms with Crippen molar-refractivity contribution in [2.24, 2.45) is 16.2 Å². The summed E-state index contributed by atoms with van der Waals surface area (Å²) in [7, 11) is 0. The monoisotopic (exact) mass is 304 g/mol. The third kappa shape index (κ3) is 1.07. The molecule has 2 atom stereocenters. The van der Waals surface area contributed by atoms with Gasteiger partial charge in [-0.25, -0.2) is 0 Å². The van der Waals surface area contributed by atoms with Gasteiger partial charge in [0.15, 0.2) is 5.41 Å². The van der Waals surface area contributed by atoms with E-state index >= 15 is 0 Å². The topological polar surface area (TPSA) is 80.7 Å². The molecular weight excluding hydrogens is 292 g/mol. The second-order valence-electron chi connectivity index (χ2n) is 5.23. The van der Waals surface area contributed by atoms with Crippen LogP contribution in [0.2, 0.25) is 0 Å². The van der Waals surface area contributed by atoms with E-state index < -0.39 is 34.2 Å². The Morgan fingerprint density at radius 3 is 2.41 bits per heavy atom. The van der Waals surface area contributed by atoms with Crippen LogP contribution in [0.15, 0.2) is 0 Å². The minimum atomic E-state index is -1.60. The van der Waals surface area contributed by atoms with Gasteiger partial charge in [0.05, 0.1) is 5.41 Å². The molecule has 1 saturated heterocycles. The van der Waals surface area contributed by atoms with Crippen LogP contribution >= 0.6 is 15.9 Å². The third-order valence-corrected chi connectivity index (χ3v) is 5.67. The van der Waals surface area contributed by atoms with Crippen molar-refractivity contribution < 1.29 is 24.2 Å². The van der Waals surface area contributed by atoms with Crippen LogP contribution in [-0.4, -0.2) is 28.3 Å². The van der Waals surface area contributed by atoms with E-state index in [2.05, 4.69) is 20.7 Å². The van der Waals surface area contributed by atoms with E-state index in [1.807, 2.05) is 0 Å². The highest BCUT2D eigenvalue weighted by molar-refractivity contribution is 9.09. The molecule has 0 aromatic heterocycles. The highest BCUT2D eigenvalue weighted by atomic mass is 79.9. The van der Waals surface area contributed by atoms with Gasteiger partial charge in [0.1, 0.15) is 0 Å². The number of ether oxygens (including phenoxy) is 1. The number of alkyl halides is 1. The maximum absolute atomic E-state index is 11.9. The van der Waals surface area contributed by atoms with Crippen LogP contribution in [0.3, 0.4) is 0 Å². The van der Waals surface area contributed by atoms with Crippen molar-refractivity contribution in [3.63, 3.8) is 0 Å². The average Bonchev–Trinajstić information content (AvgIpc) is 2.38. The Balaban J connectivity index is 2.69. The van der Waals surface area contributed by atoms with E-state index in [0.29, 0.717) is 11.8 Å². The van der Waals surface area contributed by atoms with E-state index in [4.69, 9.17) is 0 Å². The molecule has 1 aliphatic heterocycles. The van der Waals surface area contributed by atoms with Crippen LogP contribution in [0.4, 0.5) is 0 Å². The average molecular weight is 305 g/mol. The smallest absolute Gasteiger partial charge is 0.331 e. The molecule has 1 N–H and O–H groups in total. The lowest BCUT2D eigenvalue weighted by molar-refractivity contribution is -0.200. The van der Waals surface area contributed by atoms with Crippen molar-refractivity contribution in [2.45, 2.75) is 26.7 Å². The summed E-state index contributed by atoms with van der Waals surface area (Å²) in [5, 5.41) is 9.69. The fourth-order valence-corrected chi connectivity index (χ4v) is 4.38. The second-order valence-corrected chi connectivity index (χ2v) is 5.79. The van der Waals surface area contributed by atoms with Gasteiger partial charge in [0, 0.05) is 10.7 Å². The van der Waals surface area contributed by atoms with E-state index in [1.54, 1.807) is 13.8 Å². The van der Waals surface area contributed by atoms with Gasteiger partial charge in [-0.1, -0.05) is 29.8 Å². The number of cyclic esters (lactones) is 2. The Bertz CT molecular complexity index is 430. The highest BCUT2D eigenvalue weighted by Crippen LogP contribution is 2.66. The number of esters is 2.